The molecule has 7 heteroatoms. The summed E-state index contributed by atoms with van der Waals surface area (Å²) in [4.78, 5) is 26.1. The molecule has 0 bridgehead atoms. The van der Waals surface area contributed by atoms with Crippen LogP contribution in [0, 0.1) is 0 Å². The molecule has 0 spiro atoms. The van der Waals surface area contributed by atoms with E-state index >= 15 is 0 Å². The second kappa shape index (κ2) is 4.96. The van der Waals surface area contributed by atoms with Crippen LogP contribution in [0.1, 0.15) is 16.2 Å². The average molecular weight is 269 g/mol. The highest BCUT2D eigenvalue weighted by Crippen LogP contribution is 2.02. The highest BCUT2D eigenvalue weighted by Gasteiger charge is 2.11. The van der Waals surface area contributed by atoms with Gasteiger partial charge in [-0.1, -0.05) is 6.07 Å². The Bertz CT molecular complexity index is 820. The Morgan fingerprint density at radius 3 is 3.05 bits per heavy atom. The number of carbonyl (C=O) groups is 1. The molecule has 100 valence electrons. The van der Waals surface area contributed by atoms with E-state index in [1.54, 1.807) is 4.40 Å². The molecular weight excluding hydrogens is 258 g/mol. The molecule has 3 aromatic rings. The van der Waals surface area contributed by atoms with E-state index in [1.165, 1.54) is 18.5 Å². The molecule has 2 N–H and O–H groups in total. The van der Waals surface area contributed by atoms with E-state index in [4.69, 9.17) is 0 Å². The smallest absolute Gasteiger partial charge is 0.257 e. The maximum atomic E-state index is 11.9. The highest BCUT2D eigenvalue weighted by atomic mass is 16.2. The second-order valence-electron chi connectivity index (χ2n) is 4.15. The minimum Gasteiger partial charge on any atom is -0.367 e. The Labute approximate surface area is 113 Å². The van der Waals surface area contributed by atoms with Crippen LogP contribution in [0.15, 0.2) is 47.7 Å². The summed E-state index contributed by atoms with van der Waals surface area (Å²) in [5.41, 5.74) is 0.447. The fourth-order valence-electron chi connectivity index (χ4n) is 1.86. The van der Waals surface area contributed by atoms with Gasteiger partial charge in [0.15, 0.2) is 16.9 Å². The largest absolute Gasteiger partial charge is 0.367 e. The van der Waals surface area contributed by atoms with Crippen molar-refractivity contribution in [1.29, 1.82) is 0 Å². The molecule has 0 aliphatic rings. The molecule has 3 aromatic heterocycles. The Hall–Kier alpha value is -2.96. The predicted octanol–water partition coefficient (Wildman–Crippen LogP) is 0.348. The van der Waals surface area contributed by atoms with Crippen LogP contribution in [0.5, 0.6) is 0 Å². The van der Waals surface area contributed by atoms with E-state index in [-0.39, 0.29) is 17.5 Å². The summed E-state index contributed by atoms with van der Waals surface area (Å²) in [5.74, 6) is 0.154. The summed E-state index contributed by atoms with van der Waals surface area (Å²) in [6.45, 7) is 0.193. The first-order valence-corrected chi connectivity index (χ1v) is 5.99. The first kappa shape index (κ1) is 12.1. The molecule has 0 saturated heterocycles. The summed E-state index contributed by atoms with van der Waals surface area (Å²) < 4.78 is 1.77. The molecule has 0 radical (unpaired) electrons. The van der Waals surface area contributed by atoms with Crippen LogP contribution in [-0.4, -0.2) is 25.5 Å². The zero-order valence-corrected chi connectivity index (χ0v) is 10.4. The number of hydrogen-bond donors (Lipinski definition) is 2. The fourth-order valence-corrected chi connectivity index (χ4v) is 1.86. The van der Waals surface area contributed by atoms with Crippen LogP contribution in [-0.2, 0) is 6.54 Å². The summed E-state index contributed by atoms with van der Waals surface area (Å²) in [6.07, 6.45) is 4.66. The summed E-state index contributed by atoms with van der Waals surface area (Å²) in [7, 11) is 0. The third-order valence-corrected chi connectivity index (χ3v) is 2.86. The van der Waals surface area contributed by atoms with Gasteiger partial charge in [0.1, 0.15) is 5.56 Å². The number of fused-ring (bicyclic) bond motifs is 1. The Morgan fingerprint density at radius 2 is 2.20 bits per heavy atom. The zero-order valence-electron chi connectivity index (χ0n) is 10.4. The standard InChI is InChI=1S/C13H11N5O2/c19-10-4-5-14-7-9(10)13(20)15-8-12-17-16-11-3-1-2-6-18(11)12/h1-7H,8H2,(H,14,19)(H,15,20). The number of amides is 1. The summed E-state index contributed by atoms with van der Waals surface area (Å²) in [6, 6.07) is 6.83. The molecule has 0 aliphatic heterocycles. The van der Waals surface area contributed by atoms with Crippen molar-refractivity contribution in [3.8, 4) is 0 Å². The van der Waals surface area contributed by atoms with Gasteiger partial charge in [-0.15, -0.1) is 10.2 Å². The van der Waals surface area contributed by atoms with Gasteiger partial charge in [0.2, 0.25) is 0 Å². The molecule has 1 amide bonds. The number of aromatic nitrogens is 4. The maximum absolute atomic E-state index is 11.9. The van der Waals surface area contributed by atoms with Crippen LogP contribution >= 0.6 is 0 Å². The lowest BCUT2D eigenvalue weighted by atomic mass is 10.2. The lowest BCUT2D eigenvalue weighted by Gasteiger charge is -2.03. The van der Waals surface area contributed by atoms with Crippen molar-refractivity contribution in [3.63, 3.8) is 0 Å². The second-order valence-corrected chi connectivity index (χ2v) is 4.15. The highest BCUT2D eigenvalue weighted by molar-refractivity contribution is 5.93. The van der Waals surface area contributed by atoms with Crippen molar-refractivity contribution in [2.75, 3.05) is 0 Å². The number of carbonyl (C=O) groups excluding carboxylic acids is 1. The first-order chi connectivity index (χ1) is 9.75. The van der Waals surface area contributed by atoms with E-state index in [0.717, 1.165) is 0 Å². The van der Waals surface area contributed by atoms with Gasteiger partial charge in [0.05, 0.1) is 6.54 Å². The van der Waals surface area contributed by atoms with Crippen molar-refractivity contribution >= 4 is 11.6 Å². The predicted molar refractivity (Wildman–Crippen MR) is 71.2 cm³/mol. The number of rotatable bonds is 3. The van der Waals surface area contributed by atoms with Crippen LogP contribution in [0.2, 0.25) is 0 Å². The third kappa shape index (κ3) is 2.16. The van der Waals surface area contributed by atoms with Gasteiger partial charge in [0, 0.05) is 24.7 Å². The van der Waals surface area contributed by atoms with Crippen molar-refractivity contribution in [1.82, 2.24) is 24.9 Å². The van der Waals surface area contributed by atoms with E-state index < -0.39 is 5.91 Å². The Balaban J connectivity index is 1.79. The van der Waals surface area contributed by atoms with Crippen molar-refractivity contribution in [3.05, 3.63) is 64.5 Å². The molecule has 0 saturated carbocycles. The van der Waals surface area contributed by atoms with Crippen LogP contribution in [0.25, 0.3) is 5.65 Å². The summed E-state index contributed by atoms with van der Waals surface area (Å²) >= 11 is 0. The quantitative estimate of drug-likeness (QED) is 0.717. The third-order valence-electron chi connectivity index (χ3n) is 2.86. The van der Waals surface area contributed by atoms with Crippen LogP contribution in [0.3, 0.4) is 0 Å². The fraction of sp³-hybridized carbons (Fsp3) is 0.0769. The van der Waals surface area contributed by atoms with E-state index in [2.05, 4.69) is 20.5 Å². The molecule has 0 atom stereocenters. The van der Waals surface area contributed by atoms with Gasteiger partial charge >= 0.3 is 0 Å². The molecule has 0 fully saturated rings. The molecule has 0 aliphatic carbocycles. The number of aromatic amines is 1. The molecule has 3 heterocycles. The Morgan fingerprint density at radius 1 is 1.30 bits per heavy atom. The number of H-pyrrole nitrogens is 1. The molecule has 20 heavy (non-hydrogen) atoms. The maximum Gasteiger partial charge on any atom is 0.257 e. The SMILES string of the molecule is O=C(NCc1nnc2ccccn12)c1c[nH]ccc1=O. The molecular formula is C13H11N5O2. The first-order valence-electron chi connectivity index (χ1n) is 5.99. The minimum atomic E-state index is -0.445. The van der Waals surface area contributed by atoms with Crippen molar-refractivity contribution < 1.29 is 4.79 Å². The topological polar surface area (TPSA) is 92.2 Å². The van der Waals surface area contributed by atoms with Gasteiger partial charge in [0.25, 0.3) is 5.91 Å². The molecule has 0 unspecified atom stereocenters. The van der Waals surface area contributed by atoms with Crippen LogP contribution in [0.4, 0.5) is 0 Å². The monoisotopic (exact) mass is 269 g/mol. The van der Waals surface area contributed by atoms with Crippen molar-refractivity contribution in [2.45, 2.75) is 6.54 Å². The zero-order chi connectivity index (χ0) is 13.9. The van der Waals surface area contributed by atoms with Crippen LogP contribution < -0.4 is 10.7 Å². The molecule has 3 rings (SSSR count). The van der Waals surface area contributed by atoms with E-state index in [1.807, 2.05) is 24.4 Å². The Kier molecular flexibility index (Phi) is 3.00. The number of nitrogens with zero attached hydrogens (tertiary/aromatic N) is 3. The van der Waals surface area contributed by atoms with Gasteiger partial charge in [-0.25, -0.2) is 0 Å². The van der Waals surface area contributed by atoms with Crippen molar-refractivity contribution in [2.24, 2.45) is 0 Å². The molecule has 7 nitrogen and oxygen atoms in total. The van der Waals surface area contributed by atoms with Gasteiger partial charge < -0.3 is 10.3 Å². The normalized spacial score (nSPS) is 10.6. The lowest BCUT2D eigenvalue weighted by molar-refractivity contribution is 0.0948. The van der Waals surface area contributed by atoms with E-state index in [9.17, 15) is 9.59 Å². The summed E-state index contributed by atoms with van der Waals surface area (Å²) in [5, 5.41) is 10.6. The van der Waals surface area contributed by atoms with Gasteiger partial charge in [-0.3, -0.25) is 14.0 Å². The molecule has 0 aromatic carbocycles. The minimum absolute atomic E-state index is 0.0707. The number of hydrogen-bond acceptors (Lipinski definition) is 4. The average Bonchev–Trinajstić information content (AvgIpc) is 2.88. The number of nitrogens with one attached hydrogen (secondary N) is 2. The van der Waals surface area contributed by atoms with E-state index in [0.29, 0.717) is 11.5 Å². The lowest BCUT2D eigenvalue weighted by Crippen LogP contribution is -2.28. The van der Waals surface area contributed by atoms with Gasteiger partial charge in [-0.05, 0) is 12.1 Å². The number of pyridine rings is 2. The van der Waals surface area contributed by atoms with Gasteiger partial charge in [-0.2, -0.15) is 0 Å².